The highest BCUT2D eigenvalue weighted by molar-refractivity contribution is 6.32. The Kier molecular flexibility index (Phi) is 7.37. The molecule has 130 valence electrons. The van der Waals surface area contributed by atoms with Gasteiger partial charge in [0.15, 0.2) is 11.5 Å². The largest absolute Gasteiger partial charge is 0.493 e. The lowest BCUT2D eigenvalue weighted by atomic mass is 10.1. The molecule has 0 aliphatic heterocycles. The predicted octanol–water partition coefficient (Wildman–Crippen LogP) is 3.71. The Hall–Kier alpha value is -1.75. The van der Waals surface area contributed by atoms with E-state index in [4.69, 9.17) is 26.2 Å². The zero-order chi connectivity index (χ0) is 17.4. The van der Waals surface area contributed by atoms with Crippen molar-refractivity contribution in [3.05, 3.63) is 58.1 Å². The highest BCUT2D eigenvalue weighted by Crippen LogP contribution is 2.37. The summed E-state index contributed by atoms with van der Waals surface area (Å²) in [5.41, 5.74) is 3.29. The van der Waals surface area contributed by atoms with Gasteiger partial charge in [0.05, 0.1) is 12.1 Å². The maximum Gasteiger partial charge on any atom is 0.180 e. The number of aliphatic hydroxyl groups excluding tert-OH is 1. The van der Waals surface area contributed by atoms with E-state index in [0.29, 0.717) is 29.7 Å². The number of rotatable bonds is 9. The standard InChI is InChI=1S/C19H24ClNO3/c1-14-5-3-6-15(9-14)13-24-19-17(20)10-16(11-18(19)23-2)12-21-7-4-8-22/h3,5-6,9-11,21-22H,4,7-8,12-13H2,1-2H3. The summed E-state index contributed by atoms with van der Waals surface area (Å²) in [6, 6.07) is 12.0. The highest BCUT2D eigenvalue weighted by Gasteiger charge is 2.12. The van der Waals surface area contributed by atoms with Crippen molar-refractivity contribution in [1.82, 2.24) is 5.32 Å². The molecule has 0 spiro atoms. The van der Waals surface area contributed by atoms with Gasteiger partial charge in [0, 0.05) is 13.2 Å². The molecule has 0 heterocycles. The SMILES string of the molecule is COc1cc(CNCCCO)cc(Cl)c1OCc1cccc(C)c1. The second kappa shape index (κ2) is 9.52. The number of hydrogen-bond acceptors (Lipinski definition) is 4. The molecule has 0 unspecified atom stereocenters. The van der Waals surface area contributed by atoms with E-state index in [1.807, 2.05) is 24.3 Å². The highest BCUT2D eigenvalue weighted by atomic mass is 35.5. The quantitative estimate of drug-likeness (QED) is 0.678. The summed E-state index contributed by atoms with van der Waals surface area (Å²) >= 11 is 6.38. The Bertz CT molecular complexity index is 661. The fourth-order valence-electron chi connectivity index (χ4n) is 2.41. The Morgan fingerprint density at radius 1 is 1.17 bits per heavy atom. The normalized spacial score (nSPS) is 10.7. The Labute approximate surface area is 148 Å². The molecule has 2 aromatic carbocycles. The Balaban J connectivity index is 2.06. The minimum absolute atomic E-state index is 0.183. The van der Waals surface area contributed by atoms with Gasteiger partial charge in [-0.05, 0) is 43.1 Å². The van der Waals surface area contributed by atoms with Crippen LogP contribution in [0, 0.1) is 6.92 Å². The summed E-state index contributed by atoms with van der Waals surface area (Å²) in [4.78, 5) is 0. The van der Waals surface area contributed by atoms with Crippen LogP contribution in [0.2, 0.25) is 5.02 Å². The molecule has 2 rings (SSSR count). The van der Waals surface area contributed by atoms with Crippen molar-refractivity contribution >= 4 is 11.6 Å². The lowest BCUT2D eigenvalue weighted by Crippen LogP contribution is -2.15. The molecule has 0 radical (unpaired) electrons. The summed E-state index contributed by atoms with van der Waals surface area (Å²) in [5.74, 6) is 1.17. The monoisotopic (exact) mass is 349 g/mol. The molecule has 0 amide bonds. The maximum atomic E-state index is 8.80. The van der Waals surface area contributed by atoms with E-state index in [0.717, 1.165) is 24.1 Å². The summed E-state index contributed by atoms with van der Waals surface area (Å²) in [7, 11) is 1.61. The van der Waals surface area contributed by atoms with Crippen molar-refractivity contribution in [3.8, 4) is 11.5 Å². The molecule has 0 atom stereocenters. The number of benzene rings is 2. The number of hydrogen-bond donors (Lipinski definition) is 2. The average Bonchev–Trinajstić information content (AvgIpc) is 2.57. The molecular formula is C19H24ClNO3. The van der Waals surface area contributed by atoms with E-state index in [1.165, 1.54) is 5.56 Å². The third-order valence-electron chi connectivity index (χ3n) is 3.60. The second-order valence-electron chi connectivity index (χ2n) is 5.64. The number of aryl methyl sites for hydroxylation is 1. The predicted molar refractivity (Wildman–Crippen MR) is 96.9 cm³/mol. The summed E-state index contributed by atoms with van der Waals surface area (Å²) in [5, 5.41) is 12.6. The number of nitrogens with one attached hydrogen (secondary N) is 1. The number of aliphatic hydroxyl groups is 1. The average molecular weight is 350 g/mol. The van der Waals surface area contributed by atoms with Gasteiger partial charge < -0.3 is 19.9 Å². The first-order chi connectivity index (χ1) is 11.6. The van der Waals surface area contributed by atoms with Crippen LogP contribution in [0.1, 0.15) is 23.1 Å². The van der Waals surface area contributed by atoms with E-state index < -0.39 is 0 Å². The molecule has 2 N–H and O–H groups in total. The molecular weight excluding hydrogens is 326 g/mol. The van der Waals surface area contributed by atoms with Gasteiger partial charge in [0.2, 0.25) is 0 Å². The second-order valence-corrected chi connectivity index (χ2v) is 6.05. The van der Waals surface area contributed by atoms with Crippen molar-refractivity contribution < 1.29 is 14.6 Å². The van der Waals surface area contributed by atoms with Gasteiger partial charge in [-0.15, -0.1) is 0 Å². The van der Waals surface area contributed by atoms with E-state index in [-0.39, 0.29) is 6.61 Å². The molecule has 0 bridgehead atoms. The van der Waals surface area contributed by atoms with Crippen LogP contribution in [0.5, 0.6) is 11.5 Å². The van der Waals surface area contributed by atoms with E-state index >= 15 is 0 Å². The van der Waals surface area contributed by atoms with Gasteiger partial charge in [-0.2, -0.15) is 0 Å². The zero-order valence-electron chi connectivity index (χ0n) is 14.1. The van der Waals surface area contributed by atoms with Gasteiger partial charge in [-0.25, -0.2) is 0 Å². The van der Waals surface area contributed by atoms with Gasteiger partial charge in [-0.1, -0.05) is 41.4 Å². The van der Waals surface area contributed by atoms with Crippen molar-refractivity contribution in [1.29, 1.82) is 0 Å². The Morgan fingerprint density at radius 2 is 2.00 bits per heavy atom. The van der Waals surface area contributed by atoms with Crippen LogP contribution in [-0.4, -0.2) is 25.4 Å². The van der Waals surface area contributed by atoms with Crippen LogP contribution < -0.4 is 14.8 Å². The summed E-state index contributed by atoms with van der Waals surface area (Å²) < 4.78 is 11.3. The maximum absolute atomic E-state index is 8.80. The molecule has 0 saturated carbocycles. The number of ether oxygens (including phenoxy) is 2. The van der Waals surface area contributed by atoms with Crippen LogP contribution in [0.3, 0.4) is 0 Å². The minimum Gasteiger partial charge on any atom is -0.493 e. The molecule has 24 heavy (non-hydrogen) atoms. The van der Waals surface area contributed by atoms with Gasteiger partial charge in [0.25, 0.3) is 0 Å². The molecule has 0 aromatic heterocycles. The van der Waals surface area contributed by atoms with Crippen molar-refractivity contribution in [2.24, 2.45) is 0 Å². The van der Waals surface area contributed by atoms with E-state index in [9.17, 15) is 0 Å². The van der Waals surface area contributed by atoms with Gasteiger partial charge in [0.1, 0.15) is 6.61 Å². The van der Waals surface area contributed by atoms with Gasteiger partial charge >= 0.3 is 0 Å². The van der Waals surface area contributed by atoms with Crippen molar-refractivity contribution in [2.45, 2.75) is 26.5 Å². The number of methoxy groups -OCH3 is 1. The summed E-state index contributed by atoms with van der Waals surface area (Å²) in [6.45, 7) is 4.08. The molecule has 0 fully saturated rings. The fraction of sp³-hybridized carbons (Fsp3) is 0.368. The molecule has 0 aliphatic carbocycles. The first-order valence-corrected chi connectivity index (χ1v) is 8.38. The van der Waals surface area contributed by atoms with E-state index in [1.54, 1.807) is 7.11 Å². The molecule has 0 aliphatic rings. The van der Waals surface area contributed by atoms with Crippen LogP contribution >= 0.6 is 11.6 Å². The number of halogens is 1. The lowest BCUT2D eigenvalue weighted by Gasteiger charge is -2.15. The zero-order valence-corrected chi connectivity index (χ0v) is 14.9. The Morgan fingerprint density at radius 3 is 2.71 bits per heavy atom. The molecule has 0 saturated heterocycles. The smallest absolute Gasteiger partial charge is 0.180 e. The minimum atomic E-state index is 0.183. The third-order valence-corrected chi connectivity index (χ3v) is 3.88. The van der Waals surface area contributed by atoms with Gasteiger partial charge in [-0.3, -0.25) is 0 Å². The van der Waals surface area contributed by atoms with Crippen LogP contribution in [0.4, 0.5) is 0 Å². The van der Waals surface area contributed by atoms with Crippen LogP contribution in [0.25, 0.3) is 0 Å². The van der Waals surface area contributed by atoms with Crippen LogP contribution in [-0.2, 0) is 13.2 Å². The van der Waals surface area contributed by atoms with E-state index in [2.05, 4.69) is 24.4 Å². The first-order valence-electron chi connectivity index (χ1n) is 8.00. The lowest BCUT2D eigenvalue weighted by molar-refractivity contribution is 0.284. The third kappa shape index (κ3) is 5.41. The molecule has 5 heteroatoms. The van der Waals surface area contributed by atoms with Crippen molar-refractivity contribution in [2.75, 3.05) is 20.3 Å². The summed E-state index contributed by atoms with van der Waals surface area (Å²) in [6.07, 6.45) is 0.725. The van der Waals surface area contributed by atoms with Crippen LogP contribution in [0.15, 0.2) is 36.4 Å². The van der Waals surface area contributed by atoms with Crippen molar-refractivity contribution in [3.63, 3.8) is 0 Å². The molecule has 4 nitrogen and oxygen atoms in total. The molecule has 2 aromatic rings. The fourth-order valence-corrected chi connectivity index (χ4v) is 2.70. The topological polar surface area (TPSA) is 50.7 Å². The first kappa shape index (κ1) is 18.6.